The number of Topliss-reactive ketones (excluding diaryl/α,β-unsaturated/α-hetero) is 1. The topological polar surface area (TPSA) is 64.1 Å². The summed E-state index contributed by atoms with van der Waals surface area (Å²) < 4.78 is 0. The average molecular weight is 574 g/mol. The van der Waals surface area contributed by atoms with E-state index < -0.39 is 11.0 Å². The molecule has 1 N–H and O–H groups in total. The molecule has 6 heteroatoms. The first-order chi connectivity index (χ1) is 20.1. The van der Waals surface area contributed by atoms with Crippen molar-refractivity contribution in [2.24, 2.45) is 22.7 Å². The van der Waals surface area contributed by atoms with E-state index in [1.807, 2.05) is 6.08 Å². The molecule has 1 heterocycles. The molecule has 0 bridgehead atoms. The quantitative estimate of drug-likeness (QED) is 0.420. The zero-order chi connectivity index (χ0) is 29.7. The minimum absolute atomic E-state index is 0.0179. The van der Waals surface area contributed by atoms with Crippen molar-refractivity contribution < 1.29 is 14.7 Å². The second kappa shape index (κ2) is 11.3. The third-order valence-corrected chi connectivity index (χ3v) is 12.3. The third kappa shape index (κ3) is 4.92. The van der Waals surface area contributed by atoms with Crippen LogP contribution in [-0.4, -0.2) is 77.9 Å². The van der Waals surface area contributed by atoms with Gasteiger partial charge in [-0.2, -0.15) is 0 Å². The molecule has 228 valence electrons. The summed E-state index contributed by atoms with van der Waals surface area (Å²) in [4.78, 5) is 33.2. The van der Waals surface area contributed by atoms with Crippen LogP contribution in [0.3, 0.4) is 0 Å². The molecular weight excluding hydrogens is 522 g/mol. The Hall–Kier alpha value is -2.28. The molecule has 2 saturated carbocycles. The number of fused-ring (bicyclic) bond motifs is 5. The SMILES string of the molecule is CCN(CC)c1ccc(CN2CCN(CC(=O)[C@@]3(O)CC[C@H]4[C@@H]5CCC6=CC(=O)CC[C@]6(C)C5=CC[C@@]43C)CC2)cc1. The first-order valence-corrected chi connectivity index (χ1v) is 16.6. The number of ketones is 2. The van der Waals surface area contributed by atoms with Crippen molar-refractivity contribution in [3.63, 3.8) is 0 Å². The molecule has 0 amide bonds. The number of benzene rings is 1. The van der Waals surface area contributed by atoms with Gasteiger partial charge in [-0.15, -0.1) is 0 Å². The highest BCUT2D eigenvalue weighted by atomic mass is 16.3. The van der Waals surface area contributed by atoms with E-state index in [1.54, 1.807) is 0 Å². The molecule has 6 rings (SSSR count). The molecule has 0 spiro atoms. The molecule has 1 aromatic carbocycles. The Balaban J connectivity index is 1.07. The summed E-state index contributed by atoms with van der Waals surface area (Å²) in [5, 5.41) is 12.1. The molecule has 0 radical (unpaired) electrons. The van der Waals surface area contributed by atoms with E-state index in [9.17, 15) is 14.7 Å². The highest BCUT2D eigenvalue weighted by Gasteiger charge is 2.64. The van der Waals surface area contributed by atoms with Crippen molar-refractivity contribution in [3.05, 3.63) is 53.1 Å². The minimum atomic E-state index is -1.26. The van der Waals surface area contributed by atoms with E-state index >= 15 is 0 Å². The third-order valence-electron chi connectivity index (χ3n) is 12.3. The van der Waals surface area contributed by atoms with Gasteiger partial charge >= 0.3 is 0 Å². The van der Waals surface area contributed by atoms with E-state index in [0.29, 0.717) is 31.2 Å². The van der Waals surface area contributed by atoms with Gasteiger partial charge in [0.15, 0.2) is 11.6 Å². The van der Waals surface area contributed by atoms with Crippen LogP contribution in [0.25, 0.3) is 0 Å². The Morgan fingerprint density at radius 3 is 2.36 bits per heavy atom. The minimum Gasteiger partial charge on any atom is -0.381 e. The molecule has 5 atom stereocenters. The normalized spacial score (nSPS) is 35.1. The number of nitrogens with zero attached hydrogens (tertiary/aromatic N) is 3. The summed E-state index contributed by atoms with van der Waals surface area (Å²) in [6.07, 6.45) is 10.1. The van der Waals surface area contributed by atoms with E-state index in [1.165, 1.54) is 22.4 Å². The number of anilines is 1. The van der Waals surface area contributed by atoms with Crippen LogP contribution in [0.4, 0.5) is 5.69 Å². The Kier molecular flexibility index (Phi) is 8.04. The summed E-state index contributed by atoms with van der Waals surface area (Å²) >= 11 is 0. The predicted octanol–water partition coefficient (Wildman–Crippen LogP) is 5.40. The van der Waals surface area contributed by atoms with Gasteiger partial charge in [-0.1, -0.05) is 43.2 Å². The van der Waals surface area contributed by atoms with Crippen LogP contribution in [0.2, 0.25) is 0 Å². The van der Waals surface area contributed by atoms with Gasteiger partial charge in [-0.05, 0) is 88.0 Å². The lowest BCUT2D eigenvalue weighted by molar-refractivity contribution is -0.154. The molecular formula is C36H51N3O3. The van der Waals surface area contributed by atoms with Gasteiger partial charge in [-0.3, -0.25) is 19.4 Å². The predicted molar refractivity (Wildman–Crippen MR) is 168 cm³/mol. The molecule has 3 fully saturated rings. The highest BCUT2D eigenvalue weighted by molar-refractivity contribution is 5.92. The zero-order valence-corrected chi connectivity index (χ0v) is 26.3. The van der Waals surface area contributed by atoms with Crippen molar-refractivity contribution in [1.82, 2.24) is 9.80 Å². The smallest absolute Gasteiger partial charge is 0.178 e. The summed E-state index contributed by atoms with van der Waals surface area (Å²) in [7, 11) is 0. The summed E-state index contributed by atoms with van der Waals surface area (Å²) in [6, 6.07) is 8.96. The lowest BCUT2D eigenvalue weighted by Crippen LogP contribution is -2.58. The van der Waals surface area contributed by atoms with Crippen LogP contribution in [0.1, 0.15) is 78.2 Å². The van der Waals surface area contributed by atoms with Gasteiger partial charge in [0.2, 0.25) is 0 Å². The maximum absolute atomic E-state index is 13.9. The van der Waals surface area contributed by atoms with Crippen molar-refractivity contribution in [1.29, 1.82) is 0 Å². The van der Waals surface area contributed by atoms with Crippen molar-refractivity contribution in [2.45, 2.75) is 84.8 Å². The Bertz CT molecular complexity index is 1260. The fraction of sp³-hybridized carbons (Fsp3) is 0.667. The molecule has 1 aromatic rings. The first kappa shape index (κ1) is 29.8. The highest BCUT2D eigenvalue weighted by Crippen LogP contribution is 2.65. The van der Waals surface area contributed by atoms with Crippen LogP contribution >= 0.6 is 0 Å². The number of carbonyl (C=O) groups is 2. The fourth-order valence-electron chi connectivity index (χ4n) is 9.43. The lowest BCUT2D eigenvalue weighted by atomic mass is 9.50. The molecule has 6 nitrogen and oxygen atoms in total. The van der Waals surface area contributed by atoms with Crippen molar-refractivity contribution in [3.8, 4) is 0 Å². The van der Waals surface area contributed by atoms with Gasteiger partial charge in [0.25, 0.3) is 0 Å². The fourth-order valence-corrected chi connectivity index (χ4v) is 9.43. The monoisotopic (exact) mass is 573 g/mol. The number of piperazine rings is 1. The Morgan fingerprint density at radius 2 is 1.67 bits per heavy atom. The maximum atomic E-state index is 13.9. The molecule has 0 unspecified atom stereocenters. The van der Waals surface area contributed by atoms with E-state index in [4.69, 9.17) is 0 Å². The van der Waals surface area contributed by atoms with Crippen LogP contribution < -0.4 is 4.90 Å². The van der Waals surface area contributed by atoms with Crippen molar-refractivity contribution in [2.75, 3.05) is 50.7 Å². The molecule has 1 saturated heterocycles. The van der Waals surface area contributed by atoms with Gasteiger partial charge in [0.05, 0.1) is 6.54 Å². The number of rotatable bonds is 8. The summed E-state index contributed by atoms with van der Waals surface area (Å²) in [6.45, 7) is 15.8. The van der Waals surface area contributed by atoms with Gasteiger partial charge < -0.3 is 10.0 Å². The first-order valence-electron chi connectivity index (χ1n) is 16.6. The molecule has 1 aliphatic heterocycles. The van der Waals surface area contributed by atoms with Gasteiger partial charge in [0, 0.05) is 68.8 Å². The number of aliphatic hydroxyl groups is 1. The van der Waals surface area contributed by atoms with Crippen LogP contribution in [0.5, 0.6) is 0 Å². The Labute approximate surface area is 252 Å². The second-order valence-corrected chi connectivity index (χ2v) is 14.2. The zero-order valence-electron chi connectivity index (χ0n) is 26.3. The number of hydrogen-bond donors (Lipinski definition) is 1. The largest absolute Gasteiger partial charge is 0.381 e. The molecule has 0 aromatic heterocycles. The average Bonchev–Trinajstić information content (AvgIpc) is 3.27. The maximum Gasteiger partial charge on any atom is 0.178 e. The molecule has 4 aliphatic carbocycles. The second-order valence-electron chi connectivity index (χ2n) is 14.2. The number of allylic oxidation sites excluding steroid dienone is 4. The van der Waals surface area contributed by atoms with Gasteiger partial charge in [-0.25, -0.2) is 0 Å². The van der Waals surface area contributed by atoms with Crippen LogP contribution in [0.15, 0.2) is 47.6 Å². The van der Waals surface area contributed by atoms with Gasteiger partial charge in [0.1, 0.15) is 5.60 Å². The Morgan fingerprint density at radius 1 is 0.976 bits per heavy atom. The number of carbonyl (C=O) groups excluding carboxylic acids is 2. The lowest BCUT2D eigenvalue weighted by Gasteiger charge is -2.54. The molecule has 42 heavy (non-hydrogen) atoms. The van der Waals surface area contributed by atoms with Crippen LogP contribution in [-0.2, 0) is 16.1 Å². The van der Waals surface area contributed by atoms with E-state index in [-0.39, 0.29) is 17.0 Å². The summed E-state index contributed by atoms with van der Waals surface area (Å²) in [5.74, 6) is 1.03. The van der Waals surface area contributed by atoms with Crippen molar-refractivity contribution >= 4 is 17.3 Å². The van der Waals surface area contributed by atoms with E-state index in [2.05, 4.69) is 72.7 Å². The van der Waals surface area contributed by atoms with E-state index in [0.717, 1.165) is 77.9 Å². The standard InChI is InChI=1S/C36H51N3O3/c1-5-39(6-2)28-10-7-26(8-11-28)24-37-19-21-38(22-20-37)25-33(41)36(42)18-15-32-30-12-9-27-23-29(40)13-16-34(27,3)31(30)14-17-35(32,36)4/h7-8,10-11,14,23,30,32,42H,5-6,9,12-13,15-22,24-25H2,1-4H3/t30-,32+,34+,35+,36+/m1/s1. The summed E-state index contributed by atoms with van der Waals surface area (Å²) in [5.41, 5.74) is 3.72. The molecule has 5 aliphatic rings. The van der Waals surface area contributed by atoms with Crippen LogP contribution in [0, 0.1) is 22.7 Å². The number of hydrogen-bond acceptors (Lipinski definition) is 6.